The van der Waals surface area contributed by atoms with Gasteiger partial charge in [0.05, 0.1) is 6.20 Å². The molecule has 0 unspecified atom stereocenters. The molecule has 0 fully saturated rings. The SMILES string of the molecule is NCCN(Cc1ccccc1)Cc1cncc(F)c1. The number of benzene rings is 1. The smallest absolute Gasteiger partial charge is 0.141 e. The molecular formula is C15H18FN3. The fourth-order valence-electron chi connectivity index (χ4n) is 2.04. The summed E-state index contributed by atoms with van der Waals surface area (Å²) >= 11 is 0. The van der Waals surface area contributed by atoms with Gasteiger partial charge in [0.2, 0.25) is 0 Å². The lowest BCUT2D eigenvalue weighted by Gasteiger charge is -2.21. The van der Waals surface area contributed by atoms with Crippen molar-refractivity contribution < 1.29 is 4.39 Å². The minimum Gasteiger partial charge on any atom is -0.329 e. The third-order valence-electron chi connectivity index (χ3n) is 2.86. The largest absolute Gasteiger partial charge is 0.329 e. The Morgan fingerprint density at radius 1 is 1.05 bits per heavy atom. The Labute approximate surface area is 112 Å². The van der Waals surface area contributed by atoms with E-state index in [2.05, 4.69) is 22.0 Å². The first-order chi connectivity index (χ1) is 9.28. The number of rotatable bonds is 6. The van der Waals surface area contributed by atoms with E-state index < -0.39 is 0 Å². The van der Waals surface area contributed by atoms with Gasteiger partial charge in [0, 0.05) is 32.4 Å². The van der Waals surface area contributed by atoms with Crippen molar-refractivity contribution in [2.24, 2.45) is 5.73 Å². The first-order valence-electron chi connectivity index (χ1n) is 6.33. The van der Waals surface area contributed by atoms with E-state index >= 15 is 0 Å². The Morgan fingerprint density at radius 2 is 1.79 bits per heavy atom. The van der Waals surface area contributed by atoms with Crippen LogP contribution in [0.2, 0.25) is 0 Å². The Bertz CT molecular complexity index is 502. The van der Waals surface area contributed by atoms with Gasteiger partial charge in [-0.1, -0.05) is 30.3 Å². The molecule has 2 rings (SSSR count). The van der Waals surface area contributed by atoms with Gasteiger partial charge >= 0.3 is 0 Å². The zero-order valence-corrected chi connectivity index (χ0v) is 10.8. The quantitative estimate of drug-likeness (QED) is 0.864. The van der Waals surface area contributed by atoms with Crippen LogP contribution < -0.4 is 5.73 Å². The summed E-state index contributed by atoms with van der Waals surface area (Å²) < 4.78 is 13.1. The number of hydrogen-bond donors (Lipinski definition) is 1. The molecule has 0 bridgehead atoms. The summed E-state index contributed by atoms with van der Waals surface area (Å²) in [5.41, 5.74) is 7.72. The summed E-state index contributed by atoms with van der Waals surface area (Å²) in [4.78, 5) is 6.06. The van der Waals surface area contributed by atoms with Crippen molar-refractivity contribution in [3.63, 3.8) is 0 Å². The summed E-state index contributed by atoms with van der Waals surface area (Å²) in [6, 6.07) is 11.7. The van der Waals surface area contributed by atoms with Gasteiger partial charge in [-0.3, -0.25) is 9.88 Å². The maximum Gasteiger partial charge on any atom is 0.141 e. The molecule has 4 heteroatoms. The van der Waals surface area contributed by atoms with Crippen molar-refractivity contribution >= 4 is 0 Å². The van der Waals surface area contributed by atoms with Crippen molar-refractivity contribution in [1.29, 1.82) is 0 Å². The van der Waals surface area contributed by atoms with E-state index in [1.165, 1.54) is 17.8 Å². The van der Waals surface area contributed by atoms with Crippen LogP contribution >= 0.6 is 0 Å². The minimum atomic E-state index is -0.301. The van der Waals surface area contributed by atoms with E-state index in [-0.39, 0.29) is 5.82 Å². The van der Waals surface area contributed by atoms with Gasteiger partial charge in [-0.05, 0) is 17.2 Å². The van der Waals surface area contributed by atoms with Crippen molar-refractivity contribution in [3.05, 3.63) is 65.7 Å². The molecule has 1 aromatic carbocycles. The first-order valence-corrected chi connectivity index (χ1v) is 6.33. The molecule has 0 radical (unpaired) electrons. The molecule has 0 amide bonds. The fourth-order valence-corrected chi connectivity index (χ4v) is 2.04. The van der Waals surface area contributed by atoms with Gasteiger partial charge in [-0.15, -0.1) is 0 Å². The van der Waals surface area contributed by atoms with Crippen molar-refractivity contribution in [1.82, 2.24) is 9.88 Å². The van der Waals surface area contributed by atoms with Gasteiger partial charge in [0.15, 0.2) is 0 Å². The summed E-state index contributed by atoms with van der Waals surface area (Å²) in [5.74, 6) is -0.301. The lowest BCUT2D eigenvalue weighted by molar-refractivity contribution is 0.263. The molecule has 1 heterocycles. The van der Waals surface area contributed by atoms with E-state index in [4.69, 9.17) is 5.73 Å². The number of pyridine rings is 1. The number of hydrogen-bond acceptors (Lipinski definition) is 3. The molecular weight excluding hydrogens is 241 g/mol. The molecule has 0 spiro atoms. The second-order valence-corrected chi connectivity index (χ2v) is 4.50. The molecule has 0 atom stereocenters. The third-order valence-corrected chi connectivity index (χ3v) is 2.86. The van der Waals surface area contributed by atoms with E-state index in [1.54, 1.807) is 6.20 Å². The van der Waals surface area contributed by atoms with Crippen LogP contribution in [0.1, 0.15) is 11.1 Å². The highest BCUT2D eigenvalue weighted by Gasteiger charge is 2.07. The molecule has 0 saturated carbocycles. The Kier molecular flexibility index (Phi) is 5.01. The van der Waals surface area contributed by atoms with Gasteiger partial charge < -0.3 is 5.73 Å². The Hall–Kier alpha value is -1.78. The molecule has 2 N–H and O–H groups in total. The second kappa shape index (κ2) is 6.97. The molecule has 0 aliphatic carbocycles. The number of halogens is 1. The van der Waals surface area contributed by atoms with Gasteiger partial charge in [0.25, 0.3) is 0 Å². The van der Waals surface area contributed by atoms with Crippen molar-refractivity contribution in [3.8, 4) is 0 Å². The lowest BCUT2D eigenvalue weighted by Crippen LogP contribution is -2.28. The molecule has 3 nitrogen and oxygen atoms in total. The molecule has 2 aromatic rings. The fraction of sp³-hybridized carbons (Fsp3) is 0.267. The van der Waals surface area contributed by atoms with Crippen LogP contribution in [0.3, 0.4) is 0 Å². The molecule has 100 valence electrons. The van der Waals surface area contributed by atoms with Crippen LogP contribution in [0.4, 0.5) is 4.39 Å². The zero-order valence-electron chi connectivity index (χ0n) is 10.8. The first kappa shape index (κ1) is 13.6. The highest BCUT2D eigenvalue weighted by atomic mass is 19.1. The Balaban J connectivity index is 2.04. The predicted octanol–water partition coefficient (Wildman–Crippen LogP) is 2.18. The summed E-state index contributed by atoms with van der Waals surface area (Å²) in [7, 11) is 0. The standard InChI is InChI=1S/C15H18FN3/c16-15-8-14(9-18-10-15)12-19(7-6-17)11-13-4-2-1-3-5-13/h1-5,8-10H,6-7,11-12,17H2. The molecule has 1 aromatic heterocycles. The second-order valence-electron chi connectivity index (χ2n) is 4.50. The molecule has 0 saturated heterocycles. The van der Waals surface area contributed by atoms with Crippen LogP contribution in [-0.2, 0) is 13.1 Å². The third kappa shape index (κ3) is 4.43. The maximum atomic E-state index is 13.1. The maximum absolute atomic E-state index is 13.1. The van der Waals surface area contributed by atoms with Gasteiger partial charge in [-0.2, -0.15) is 0 Å². The number of nitrogens with two attached hydrogens (primary N) is 1. The topological polar surface area (TPSA) is 42.1 Å². The minimum absolute atomic E-state index is 0.301. The van der Waals surface area contributed by atoms with Crippen LogP contribution in [-0.4, -0.2) is 23.0 Å². The number of aromatic nitrogens is 1. The predicted molar refractivity (Wildman–Crippen MR) is 73.8 cm³/mol. The van der Waals surface area contributed by atoms with Crippen LogP contribution in [0.5, 0.6) is 0 Å². The van der Waals surface area contributed by atoms with Crippen molar-refractivity contribution in [2.45, 2.75) is 13.1 Å². The molecule has 19 heavy (non-hydrogen) atoms. The molecule has 0 aliphatic rings. The average Bonchev–Trinajstić information content (AvgIpc) is 2.40. The van der Waals surface area contributed by atoms with Crippen LogP contribution in [0, 0.1) is 5.82 Å². The van der Waals surface area contributed by atoms with Crippen LogP contribution in [0.25, 0.3) is 0 Å². The lowest BCUT2D eigenvalue weighted by atomic mass is 10.2. The van der Waals surface area contributed by atoms with Crippen LogP contribution in [0.15, 0.2) is 48.8 Å². The normalized spacial score (nSPS) is 10.9. The Morgan fingerprint density at radius 3 is 2.47 bits per heavy atom. The van der Waals surface area contributed by atoms with E-state index in [0.29, 0.717) is 13.1 Å². The average molecular weight is 259 g/mol. The van der Waals surface area contributed by atoms with Crippen molar-refractivity contribution in [2.75, 3.05) is 13.1 Å². The van der Waals surface area contributed by atoms with E-state index in [9.17, 15) is 4.39 Å². The van der Waals surface area contributed by atoms with Gasteiger partial charge in [0.1, 0.15) is 5.82 Å². The number of nitrogens with zero attached hydrogens (tertiary/aromatic N) is 2. The highest BCUT2D eigenvalue weighted by molar-refractivity contribution is 5.15. The summed E-state index contributed by atoms with van der Waals surface area (Å²) in [6.07, 6.45) is 2.91. The summed E-state index contributed by atoms with van der Waals surface area (Å²) in [5, 5.41) is 0. The van der Waals surface area contributed by atoms with E-state index in [1.807, 2.05) is 18.2 Å². The van der Waals surface area contributed by atoms with E-state index in [0.717, 1.165) is 18.7 Å². The zero-order chi connectivity index (χ0) is 13.5. The monoisotopic (exact) mass is 259 g/mol. The highest BCUT2D eigenvalue weighted by Crippen LogP contribution is 2.09. The summed E-state index contributed by atoms with van der Waals surface area (Å²) in [6.45, 7) is 2.80. The molecule has 0 aliphatic heterocycles. The van der Waals surface area contributed by atoms with Gasteiger partial charge in [-0.25, -0.2) is 4.39 Å².